The maximum Gasteiger partial charge on any atom is 0.247 e. The molecule has 0 spiro atoms. The summed E-state index contributed by atoms with van der Waals surface area (Å²) in [7, 11) is 1.77. The van der Waals surface area contributed by atoms with E-state index in [0.717, 1.165) is 54.4 Å². The molecule has 160 valence electrons. The topological polar surface area (TPSA) is 79.5 Å². The molecule has 1 saturated heterocycles. The number of hydrogen-bond acceptors (Lipinski definition) is 4. The molecule has 0 bridgehead atoms. The third-order valence-corrected chi connectivity index (χ3v) is 6.49. The number of halogens is 1. The Morgan fingerprint density at radius 1 is 1.24 bits per heavy atom. The van der Waals surface area contributed by atoms with E-state index in [9.17, 15) is 9.59 Å². The van der Waals surface area contributed by atoms with Crippen LogP contribution >= 0.6 is 15.9 Å². The van der Waals surface area contributed by atoms with Gasteiger partial charge in [-0.15, -0.1) is 0 Å². The molecule has 1 aromatic rings. The van der Waals surface area contributed by atoms with Crippen molar-refractivity contribution in [2.24, 2.45) is 5.92 Å². The van der Waals surface area contributed by atoms with E-state index < -0.39 is 6.04 Å². The lowest BCUT2D eigenvalue weighted by molar-refractivity contribution is -0.130. The van der Waals surface area contributed by atoms with Crippen LogP contribution in [0.1, 0.15) is 58.3 Å². The van der Waals surface area contributed by atoms with E-state index in [1.807, 2.05) is 18.2 Å². The maximum atomic E-state index is 12.9. The Labute approximate surface area is 181 Å². The highest BCUT2D eigenvalue weighted by molar-refractivity contribution is 9.10. The number of nitrogens with one attached hydrogen (secondary N) is 3. The van der Waals surface area contributed by atoms with Crippen molar-refractivity contribution in [3.63, 3.8) is 0 Å². The minimum Gasteiger partial charge on any atom is -0.381 e. The second-order valence-corrected chi connectivity index (χ2v) is 9.16. The van der Waals surface area contributed by atoms with Gasteiger partial charge in [0.15, 0.2) is 0 Å². The molecule has 1 aliphatic heterocycles. The van der Waals surface area contributed by atoms with Crippen molar-refractivity contribution >= 4 is 39.1 Å². The molecule has 7 heteroatoms. The fourth-order valence-electron chi connectivity index (χ4n) is 4.42. The predicted molar refractivity (Wildman–Crippen MR) is 119 cm³/mol. The quantitative estimate of drug-likeness (QED) is 0.555. The van der Waals surface area contributed by atoms with Gasteiger partial charge >= 0.3 is 0 Å². The first-order valence-electron chi connectivity index (χ1n) is 10.7. The molecule has 1 saturated carbocycles. The van der Waals surface area contributed by atoms with Crippen molar-refractivity contribution in [1.29, 1.82) is 0 Å². The summed E-state index contributed by atoms with van der Waals surface area (Å²) in [6, 6.07) is 5.76. The zero-order chi connectivity index (χ0) is 20.8. The highest BCUT2D eigenvalue weighted by atomic mass is 79.9. The second-order valence-electron chi connectivity index (χ2n) is 8.25. The lowest BCUT2D eigenvalue weighted by atomic mass is 9.88. The Morgan fingerprint density at radius 3 is 2.69 bits per heavy atom. The summed E-state index contributed by atoms with van der Waals surface area (Å²) >= 11 is 3.50. The molecule has 3 N–H and O–H groups in total. The van der Waals surface area contributed by atoms with Gasteiger partial charge in [-0.2, -0.15) is 0 Å². The van der Waals surface area contributed by atoms with E-state index in [1.165, 1.54) is 0 Å². The van der Waals surface area contributed by atoms with E-state index in [4.69, 9.17) is 4.74 Å². The van der Waals surface area contributed by atoms with Gasteiger partial charge in [0, 0.05) is 24.0 Å². The van der Waals surface area contributed by atoms with Gasteiger partial charge in [0.05, 0.1) is 17.5 Å². The number of carbonyl (C=O) groups excluding carboxylic acids is 2. The summed E-state index contributed by atoms with van der Waals surface area (Å²) in [5, 5.41) is 9.49. The molecule has 2 fully saturated rings. The van der Waals surface area contributed by atoms with Crippen molar-refractivity contribution in [1.82, 2.24) is 5.32 Å². The average Bonchev–Trinajstić information content (AvgIpc) is 2.70. The van der Waals surface area contributed by atoms with E-state index in [-0.39, 0.29) is 17.7 Å². The molecular weight excluding hydrogens is 434 g/mol. The maximum absolute atomic E-state index is 12.9. The normalized spacial score (nSPS) is 27.2. The zero-order valence-corrected chi connectivity index (χ0v) is 18.9. The first-order valence-corrected chi connectivity index (χ1v) is 11.5. The Bertz CT molecular complexity index is 719. The Hall–Kier alpha value is -1.60. The molecule has 1 heterocycles. The van der Waals surface area contributed by atoms with Crippen LogP contribution in [-0.2, 0) is 14.3 Å². The molecule has 1 aliphatic carbocycles. The number of anilines is 2. The number of amides is 2. The van der Waals surface area contributed by atoms with Crippen LogP contribution in [0.5, 0.6) is 0 Å². The first kappa shape index (κ1) is 22.1. The summed E-state index contributed by atoms with van der Waals surface area (Å²) in [6.07, 6.45) is 7.73. The molecule has 3 rings (SSSR count). The number of hydrogen-bond donors (Lipinski definition) is 3. The third kappa shape index (κ3) is 6.19. The number of methoxy groups -OCH3 is 1. The lowest BCUT2D eigenvalue weighted by Gasteiger charge is -2.31. The fraction of sp³-hybridized carbons (Fsp3) is 0.636. The summed E-state index contributed by atoms with van der Waals surface area (Å²) in [4.78, 5) is 24.9. The monoisotopic (exact) mass is 465 g/mol. The Kier molecular flexibility index (Phi) is 7.95. The van der Waals surface area contributed by atoms with Crippen LogP contribution in [0.15, 0.2) is 22.7 Å². The van der Waals surface area contributed by atoms with Crippen LogP contribution in [0.25, 0.3) is 0 Å². The standard InChI is InChI=1S/C22H32BrN3O3/c1-3-4-14-11-20(25-21(27)12-14)22(28)26-19-13-15(23)5-10-18(19)24-16-6-8-17(29-2)9-7-16/h5,10,13-14,16-17,20,24H,3-4,6-9,11-12H2,1-2H3,(H,25,27)(H,26,28)/t14?,16-,17-,20?. The van der Waals surface area contributed by atoms with E-state index in [1.54, 1.807) is 7.11 Å². The zero-order valence-electron chi connectivity index (χ0n) is 17.3. The largest absolute Gasteiger partial charge is 0.381 e. The Balaban J connectivity index is 1.66. The predicted octanol–water partition coefficient (Wildman–Crippen LogP) is 4.45. The lowest BCUT2D eigenvalue weighted by Crippen LogP contribution is -2.49. The average molecular weight is 466 g/mol. The highest BCUT2D eigenvalue weighted by Crippen LogP contribution is 2.31. The third-order valence-electron chi connectivity index (χ3n) is 6.00. The smallest absolute Gasteiger partial charge is 0.247 e. The molecule has 29 heavy (non-hydrogen) atoms. The number of piperidine rings is 1. The minimum atomic E-state index is -0.475. The number of carbonyl (C=O) groups is 2. The molecule has 2 aliphatic rings. The van der Waals surface area contributed by atoms with E-state index in [0.29, 0.717) is 25.0 Å². The molecule has 6 nitrogen and oxygen atoms in total. The molecule has 2 atom stereocenters. The van der Waals surface area contributed by atoms with Gasteiger partial charge in [-0.25, -0.2) is 0 Å². The van der Waals surface area contributed by atoms with Crippen molar-refractivity contribution in [2.45, 2.75) is 76.5 Å². The van der Waals surface area contributed by atoms with Crippen molar-refractivity contribution < 1.29 is 14.3 Å². The first-order chi connectivity index (χ1) is 14.0. The number of benzene rings is 1. The van der Waals surface area contributed by atoms with Crippen LogP contribution in [0.4, 0.5) is 11.4 Å². The van der Waals surface area contributed by atoms with Gasteiger partial charge in [-0.3, -0.25) is 9.59 Å². The summed E-state index contributed by atoms with van der Waals surface area (Å²) in [5.74, 6) is 0.0984. The van der Waals surface area contributed by atoms with Crippen molar-refractivity contribution in [2.75, 3.05) is 17.7 Å². The summed E-state index contributed by atoms with van der Waals surface area (Å²) < 4.78 is 6.36. The molecular formula is C22H32BrN3O3. The van der Waals surface area contributed by atoms with Crippen molar-refractivity contribution in [3.8, 4) is 0 Å². The van der Waals surface area contributed by atoms with Gasteiger partial charge in [0.2, 0.25) is 11.8 Å². The van der Waals surface area contributed by atoms with Crippen LogP contribution in [0.2, 0.25) is 0 Å². The molecule has 2 amide bonds. The van der Waals surface area contributed by atoms with E-state index >= 15 is 0 Å². The van der Waals surface area contributed by atoms with Gasteiger partial charge in [-0.1, -0.05) is 35.7 Å². The number of rotatable bonds is 7. The highest BCUT2D eigenvalue weighted by Gasteiger charge is 2.31. The van der Waals surface area contributed by atoms with Gasteiger partial charge in [0.25, 0.3) is 0 Å². The Morgan fingerprint density at radius 2 is 2.00 bits per heavy atom. The molecule has 2 unspecified atom stereocenters. The van der Waals surface area contributed by atoms with Crippen LogP contribution in [0.3, 0.4) is 0 Å². The molecule has 0 aromatic heterocycles. The van der Waals surface area contributed by atoms with Gasteiger partial charge in [-0.05, 0) is 56.2 Å². The minimum absolute atomic E-state index is 0.0302. The van der Waals surface area contributed by atoms with Crippen LogP contribution in [0, 0.1) is 5.92 Å². The fourth-order valence-corrected chi connectivity index (χ4v) is 4.78. The summed E-state index contributed by atoms with van der Waals surface area (Å²) in [6.45, 7) is 2.11. The molecule has 0 radical (unpaired) electrons. The molecule has 1 aromatic carbocycles. The second kappa shape index (κ2) is 10.4. The summed E-state index contributed by atoms with van der Waals surface area (Å²) in [5.41, 5.74) is 1.65. The SMILES string of the molecule is CCCC1CC(=O)NC(C(=O)Nc2cc(Br)ccc2N[C@H]2CC[C@H](OC)CC2)C1. The van der Waals surface area contributed by atoms with E-state index in [2.05, 4.69) is 38.8 Å². The van der Waals surface area contributed by atoms with Gasteiger partial charge in [0.1, 0.15) is 6.04 Å². The van der Waals surface area contributed by atoms with Crippen molar-refractivity contribution in [3.05, 3.63) is 22.7 Å². The van der Waals surface area contributed by atoms with Gasteiger partial charge < -0.3 is 20.7 Å². The van der Waals surface area contributed by atoms with Crippen LogP contribution < -0.4 is 16.0 Å². The number of ether oxygens (including phenoxy) is 1. The van der Waals surface area contributed by atoms with Crippen LogP contribution in [-0.4, -0.2) is 37.1 Å².